The van der Waals surface area contributed by atoms with Crippen molar-refractivity contribution < 1.29 is 9.47 Å². The first kappa shape index (κ1) is 20.8. The number of aromatic nitrogens is 2. The van der Waals surface area contributed by atoms with Crippen molar-refractivity contribution in [2.24, 2.45) is 0 Å². The van der Waals surface area contributed by atoms with Gasteiger partial charge in [0, 0.05) is 44.4 Å². The Morgan fingerprint density at radius 3 is 2.84 bits per heavy atom. The second-order valence-corrected chi connectivity index (χ2v) is 9.26. The number of nitrogens with one attached hydrogen (secondary N) is 1. The number of hydrogen-bond donors (Lipinski definition) is 1. The number of nitrogens with zero attached hydrogens (tertiary/aromatic N) is 4. The molecule has 164 valence electrons. The van der Waals surface area contributed by atoms with Crippen molar-refractivity contribution in [3.63, 3.8) is 0 Å². The van der Waals surface area contributed by atoms with E-state index in [0.29, 0.717) is 11.1 Å². The third kappa shape index (κ3) is 4.72. The SMILES string of the molecule is CN1CCN(c2ccc(Nc3nc(Cl)c4sccc4n3)c(OC3CCCCO3)c2)CC1. The summed E-state index contributed by atoms with van der Waals surface area (Å²) in [5, 5.41) is 5.73. The molecule has 1 atom stereocenters. The lowest BCUT2D eigenvalue weighted by molar-refractivity contribution is -0.105. The maximum atomic E-state index is 6.36. The van der Waals surface area contributed by atoms with E-state index < -0.39 is 0 Å². The largest absolute Gasteiger partial charge is 0.463 e. The molecule has 2 aromatic heterocycles. The second kappa shape index (κ2) is 9.16. The van der Waals surface area contributed by atoms with E-state index in [4.69, 9.17) is 21.1 Å². The van der Waals surface area contributed by atoms with Gasteiger partial charge in [0.2, 0.25) is 5.95 Å². The van der Waals surface area contributed by atoms with E-state index in [-0.39, 0.29) is 6.29 Å². The van der Waals surface area contributed by atoms with E-state index in [1.165, 1.54) is 11.3 Å². The highest BCUT2D eigenvalue weighted by Crippen LogP contribution is 2.35. The van der Waals surface area contributed by atoms with E-state index in [2.05, 4.69) is 44.3 Å². The molecule has 2 aliphatic heterocycles. The summed E-state index contributed by atoms with van der Waals surface area (Å²) in [5.41, 5.74) is 2.79. The van der Waals surface area contributed by atoms with Crippen LogP contribution in [0.15, 0.2) is 29.6 Å². The normalized spacial score (nSPS) is 20.2. The van der Waals surface area contributed by atoms with Crippen molar-refractivity contribution in [2.75, 3.05) is 50.1 Å². The molecule has 0 saturated carbocycles. The smallest absolute Gasteiger partial charge is 0.229 e. The Labute approximate surface area is 190 Å². The first-order valence-corrected chi connectivity index (χ1v) is 11.9. The molecule has 0 bridgehead atoms. The summed E-state index contributed by atoms with van der Waals surface area (Å²) in [5.74, 6) is 1.20. The third-order valence-corrected chi connectivity index (χ3v) is 7.03. The van der Waals surface area contributed by atoms with Gasteiger partial charge >= 0.3 is 0 Å². The molecule has 7 nitrogen and oxygen atoms in total. The molecule has 2 aliphatic rings. The second-order valence-electron chi connectivity index (χ2n) is 7.98. The molecule has 5 rings (SSSR count). The summed E-state index contributed by atoms with van der Waals surface area (Å²) in [6, 6.07) is 8.19. The van der Waals surface area contributed by atoms with Gasteiger partial charge in [-0.3, -0.25) is 0 Å². The molecule has 0 amide bonds. The Kier molecular flexibility index (Phi) is 6.13. The molecule has 2 saturated heterocycles. The molecular weight excluding hydrogens is 434 g/mol. The van der Waals surface area contributed by atoms with Crippen molar-refractivity contribution in [2.45, 2.75) is 25.6 Å². The Morgan fingerprint density at radius 2 is 2.03 bits per heavy atom. The molecule has 9 heteroatoms. The quantitative estimate of drug-likeness (QED) is 0.552. The van der Waals surface area contributed by atoms with Crippen molar-refractivity contribution >= 4 is 50.5 Å². The van der Waals surface area contributed by atoms with Crippen LogP contribution in [0.4, 0.5) is 17.3 Å². The zero-order valence-corrected chi connectivity index (χ0v) is 19.1. The third-order valence-electron chi connectivity index (χ3n) is 5.74. The van der Waals surface area contributed by atoms with Crippen LogP contribution in [0.2, 0.25) is 5.15 Å². The zero-order chi connectivity index (χ0) is 21.2. The standard InChI is InChI=1S/C22H26ClN5O2S/c1-27-8-10-28(11-9-27)15-5-6-16(18(14-15)30-19-4-2-3-12-29-19)24-22-25-17-7-13-31-20(17)21(23)26-22/h5-7,13-14,19H,2-4,8-12H2,1H3,(H,24,25,26). The van der Waals surface area contributed by atoms with E-state index in [9.17, 15) is 0 Å². The zero-order valence-electron chi connectivity index (χ0n) is 17.5. The molecule has 1 N–H and O–H groups in total. The Bertz CT molecular complexity index is 1050. The van der Waals surface area contributed by atoms with Crippen LogP contribution < -0.4 is 15.0 Å². The van der Waals surface area contributed by atoms with Gasteiger partial charge in [-0.1, -0.05) is 11.6 Å². The number of likely N-dealkylation sites (N-methyl/N-ethyl adjacent to an activating group) is 1. The molecule has 1 aromatic carbocycles. The number of benzene rings is 1. The summed E-state index contributed by atoms with van der Waals surface area (Å²) in [6.07, 6.45) is 2.85. The van der Waals surface area contributed by atoms with E-state index in [1.54, 1.807) is 0 Å². The maximum Gasteiger partial charge on any atom is 0.229 e. The molecule has 2 fully saturated rings. The van der Waals surface area contributed by atoms with Gasteiger partial charge in [-0.25, -0.2) is 4.98 Å². The van der Waals surface area contributed by atoms with Crippen LogP contribution in [0.25, 0.3) is 10.2 Å². The minimum atomic E-state index is -0.235. The Hall–Kier alpha value is -2.13. The first-order valence-electron chi connectivity index (χ1n) is 10.7. The average molecular weight is 460 g/mol. The predicted molar refractivity (Wildman–Crippen MR) is 126 cm³/mol. The van der Waals surface area contributed by atoms with Crippen LogP contribution in [0.5, 0.6) is 5.75 Å². The van der Waals surface area contributed by atoms with Gasteiger partial charge in [-0.2, -0.15) is 4.98 Å². The van der Waals surface area contributed by atoms with Crippen LogP contribution in [-0.2, 0) is 4.74 Å². The molecule has 3 aromatic rings. The summed E-state index contributed by atoms with van der Waals surface area (Å²) >= 11 is 7.90. The molecule has 31 heavy (non-hydrogen) atoms. The van der Waals surface area contributed by atoms with Gasteiger partial charge in [0.05, 0.1) is 22.5 Å². The number of fused-ring (bicyclic) bond motifs is 1. The Morgan fingerprint density at radius 1 is 1.16 bits per heavy atom. The van der Waals surface area contributed by atoms with Gasteiger partial charge in [0.1, 0.15) is 5.75 Å². The number of piperazine rings is 1. The van der Waals surface area contributed by atoms with Crippen LogP contribution in [-0.4, -0.2) is 61.0 Å². The van der Waals surface area contributed by atoms with Crippen LogP contribution in [0.3, 0.4) is 0 Å². The number of anilines is 3. The number of thiophene rings is 1. The molecule has 0 spiro atoms. The van der Waals surface area contributed by atoms with Crippen molar-refractivity contribution in [3.05, 3.63) is 34.8 Å². The van der Waals surface area contributed by atoms with Crippen LogP contribution >= 0.6 is 22.9 Å². The van der Waals surface area contributed by atoms with Gasteiger partial charge < -0.3 is 24.6 Å². The highest BCUT2D eigenvalue weighted by molar-refractivity contribution is 7.17. The van der Waals surface area contributed by atoms with Gasteiger partial charge in [0.15, 0.2) is 11.4 Å². The lowest BCUT2D eigenvalue weighted by Gasteiger charge is -2.34. The topological polar surface area (TPSA) is 62.8 Å². The number of halogens is 1. The molecule has 4 heterocycles. The van der Waals surface area contributed by atoms with Crippen molar-refractivity contribution in [1.29, 1.82) is 0 Å². The summed E-state index contributed by atoms with van der Waals surface area (Å²) in [4.78, 5) is 13.8. The predicted octanol–water partition coefficient (Wildman–Crippen LogP) is 4.75. The fourth-order valence-electron chi connectivity index (χ4n) is 3.92. The average Bonchev–Trinajstić information content (AvgIpc) is 3.26. The van der Waals surface area contributed by atoms with Crippen molar-refractivity contribution in [1.82, 2.24) is 14.9 Å². The molecular formula is C22H26ClN5O2S. The Balaban J connectivity index is 1.43. The first-order chi connectivity index (χ1) is 15.2. The maximum absolute atomic E-state index is 6.36. The number of hydrogen-bond acceptors (Lipinski definition) is 8. The lowest BCUT2D eigenvalue weighted by Crippen LogP contribution is -2.44. The molecule has 0 aliphatic carbocycles. The summed E-state index contributed by atoms with van der Waals surface area (Å²) < 4.78 is 13.0. The highest BCUT2D eigenvalue weighted by atomic mass is 35.5. The highest BCUT2D eigenvalue weighted by Gasteiger charge is 2.21. The van der Waals surface area contributed by atoms with Gasteiger partial charge in [0.25, 0.3) is 0 Å². The van der Waals surface area contributed by atoms with E-state index in [0.717, 1.165) is 79.4 Å². The molecule has 0 radical (unpaired) electrons. The van der Waals surface area contributed by atoms with Crippen LogP contribution in [0, 0.1) is 0 Å². The van der Waals surface area contributed by atoms with E-state index in [1.807, 2.05) is 17.5 Å². The fraction of sp³-hybridized carbons (Fsp3) is 0.455. The van der Waals surface area contributed by atoms with Gasteiger partial charge in [-0.05, 0) is 43.5 Å². The van der Waals surface area contributed by atoms with Crippen LogP contribution in [0.1, 0.15) is 19.3 Å². The summed E-state index contributed by atoms with van der Waals surface area (Å²) in [6.45, 7) is 4.83. The minimum Gasteiger partial charge on any atom is -0.463 e. The summed E-state index contributed by atoms with van der Waals surface area (Å²) in [7, 11) is 2.16. The fourth-order valence-corrected chi connectivity index (χ4v) is 4.94. The van der Waals surface area contributed by atoms with Gasteiger partial charge in [-0.15, -0.1) is 11.3 Å². The molecule has 1 unspecified atom stereocenters. The van der Waals surface area contributed by atoms with E-state index >= 15 is 0 Å². The van der Waals surface area contributed by atoms with Crippen molar-refractivity contribution in [3.8, 4) is 5.75 Å². The number of ether oxygens (including phenoxy) is 2. The number of rotatable bonds is 5. The monoisotopic (exact) mass is 459 g/mol. The lowest BCUT2D eigenvalue weighted by atomic mass is 10.2. The minimum absolute atomic E-state index is 0.235.